The van der Waals surface area contributed by atoms with E-state index in [1.165, 1.54) is 11.8 Å². The molecular weight excluding hydrogens is 402 g/mol. The van der Waals surface area contributed by atoms with E-state index in [0.29, 0.717) is 40.0 Å². The number of hydrogen-bond acceptors (Lipinski definition) is 7. The maximum absolute atomic E-state index is 13.2. The molecule has 2 N–H and O–H groups in total. The van der Waals surface area contributed by atoms with E-state index in [1.807, 2.05) is 6.07 Å². The maximum Gasteiger partial charge on any atom is 0.257 e. The van der Waals surface area contributed by atoms with E-state index in [1.54, 1.807) is 26.4 Å². The zero-order valence-corrected chi connectivity index (χ0v) is 18.1. The van der Waals surface area contributed by atoms with Crippen molar-refractivity contribution in [3.8, 4) is 11.5 Å². The first kappa shape index (κ1) is 20.5. The molecule has 1 aromatic heterocycles. The molecule has 0 fully saturated rings. The number of nitrogens with zero attached hydrogens (tertiary/aromatic N) is 1. The summed E-state index contributed by atoms with van der Waals surface area (Å²) in [5.74, 6) is 2.10. The van der Waals surface area contributed by atoms with Gasteiger partial charge in [-0.05, 0) is 37.5 Å². The molecule has 0 spiro atoms. The quantitative estimate of drug-likeness (QED) is 0.534. The topological polar surface area (TPSA) is 93.3 Å². The van der Waals surface area contributed by atoms with Gasteiger partial charge in [0.15, 0.2) is 10.9 Å². The number of Topliss-reactive ketones (excluding diaryl/α,β-unsaturated/α-hetero) is 1. The highest BCUT2D eigenvalue weighted by Crippen LogP contribution is 2.46. The van der Waals surface area contributed by atoms with Gasteiger partial charge in [-0.2, -0.15) is 0 Å². The molecule has 158 valence electrons. The van der Waals surface area contributed by atoms with Gasteiger partial charge >= 0.3 is 0 Å². The fourth-order valence-electron chi connectivity index (χ4n) is 4.08. The molecular formula is C22H25N3O4S. The number of hydrogen-bond donors (Lipinski definition) is 2. The van der Waals surface area contributed by atoms with Gasteiger partial charge in [-0.25, -0.2) is 4.98 Å². The summed E-state index contributed by atoms with van der Waals surface area (Å²) in [4.78, 5) is 33.8. The van der Waals surface area contributed by atoms with Gasteiger partial charge in [0.1, 0.15) is 17.3 Å². The highest BCUT2D eigenvalue weighted by atomic mass is 32.2. The molecule has 1 aromatic carbocycles. The third-order valence-corrected chi connectivity index (χ3v) is 6.51. The van der Waals surface area contributed by atoms with Crippen LogP contribution in [0.4, 0.5) is 5.82 Å². The molecule has 0 unspecified atom stereocenters. The second kappa shape index (κ2) is 8.55. The third kappa shape index (κ3) is 3.60. The number of rotatable bonds is 6. The Morgan fingerprint density at radius 3 is 2.77 bits per heavy atom. The van der Waals surface area contributed by atoms with Gasteiger partial charge in [0.25, 0.3) is 5.56 Å². The van der Waals surface area contributed by atoms with E-state index in [4.69, 9.17) is 9.47 Å². The minimum Gasteiger partial charge on any atom is -0.497 e. The molecule has 4 rings (SSSR count). The summed E-state index contributed by atoms with van der Waals surface area (Å²) in [6.45, 7) is 2.08. The van der Waals surface area contributed by atoms with Gasteiger partial charge in [0, 0.05) is 29.0 Å². The number of aromatic nitrogens is 2. The van der Waals surface area contributed by atoms with Gasteiger partial charge in [-0.15, -0.1) is 0 Å². The van der Waals surface area contributed by atoms with Gasteiger partial charge in [0.2, 0.25) is 0 Å². The molecule has 0 amide bonds. The first-order valence-corrected chi connectivity index (χ1v) is 11.1. The first-order chi connectivity index (χ1) is 14.6. The van der Waals surface area contributed by atoms with Gasteiger partial charge in [-0.1, -0.05) is 18.7 Å². The van der Waals surface area contributed by atoms with Gasteiger partial charge in [0.05, 0.1) is 25.7 Å². The summed E-state index contributed by atoms with van der Waals surface area (Å²) in [5.41, 5.74) is 2.39. The van der Waals surface area contributed by atoms with Crippen molar-refractivity contribution < 1.29 is 14.3 Å². The van der Waals surface area contributed by atoms with Gasteiger partial charge < -0.3 is 19.8 Å². The molecule has 2 aromatic rings. The number of carbonyl (C=O) groups is 1. The lowest BCUT2D eigenvalue weighted by Gasteiger charge is -2.33. The molecule has 1 aliphatic carbocycles. The number of aromatic amines is 1. The van der Waals surface area contributed by atoms with E-state index in [2.05, 4.69) is 22.2 Å². The van der Waals surface area contributed by atoms with Crippen molar-refractivity contribution in [2.75, 3.05) is 25.3 Å². The smallest absolute Gasteiger partial charge is 0.257 e. The average Bonchev–Trinajstić information content (AvgIpc) is 2.76. The first-order valence-electron chi connectivity index (χ1n) is 10.1. The number of anilines is 1. The normalized spacial score (nSPS) is 17.8. The predicted molar refractivity (Wildman–Crippen MR) is 117 cm³/mol. The van der Waals surface area contributed by atoms with Crippen molar-refractivity contribution in [1.82, 2.24) is 9.97 Å². The Labute approximate surface area is 179 Å². The van der Waals surface area contributed by atoms with Crippen molar-refractivity contribution in [3.63, 3.8) is 0 Å². The number of nitrogens with one attached hydrogen (secondary N) is 2. The number of benzene rings is 1. The molecule has 2 aliphatic rings. The number of thioether (sulfide) groups is 1. The maximum atomic E-state index is 13.2. The molecule has 2 heterocycles. The number of fused-ring (bicyclic) bond motifs is 1. The van der Waals surface area contributed by atoms with Crippen LogP contribution in [0.25, 0.3) is 0 Å². The fraction of sp³-hybridized carbons (Fsp3) is 0.409. The van der Waals surface area contributed by atoms with E-state index in [9.17, 15) is 9.59 Å². The Morgan fingerprint density at radius 1 is 1.20 bits per heavy atom. The largest absolute Gasteiger partial charge is 0.497 e. The van der Waals surface area contributed by atoms with Crippen molar-refractivity contribution in [1.29, 1.82) is 0 Å². The summed E-state index contributed by atoms with van der Waals surface area (Å²) in [6.07, 6.45) is 2.97. The van der Waals surface area contributed by atoms with E-state index in [0.717, 1.165) is 36.3 Å². The Kier molecular flexibility index (Phi) is 5.85. The second-order valence-electron chi connectivity index (χ2n) is 7.32. The van der Waals surface area contributed by atoms with Crippen molar-refractivity contribution in [3.05, 3.63) is 50.9 Å². The second-order valence-corrected chi connectivity index (χ2v) is 8.40. The van der Waals surface area contributed by atoms with Crippen LogP contribution < -0.4 is 20.3 Å². The van der Waals surface area contributed by atoms with Gasteiger partial charge in [-0.3, -0.25) is 9.59 Å². The van der Waals surface area contributed by atoms with E-state index in [-0.39, 0.29) is 11.3 Å². The minimum atomic E-state index is -0.560. The highest BCUT2D eigenvalue weighted by Gasteiger charge is 2.39. The predicted octanol–water partition coefficient (Wildman–Crippen LogP) is 3.85. The number of ether oxygens (including phenoxy) is 2. The molecule has 1 aliphatic heterocycles. The summed E-state index contributed by atoms with van der Waals surface area (Å²) in [5, 5.41) is 3.87. The zero-order chi connectivity index (χ0) is 21.3. The number of carbonyl (C=O) groups excluding carboxylic acids is 1. The van der Waals surface area contributed by atoms with Crippen molar-refractivity contribution >= 4 is 23.4 Å². The van der Waals surface area contributed by atoms with Crippen LogP contribution >= 0.6 is 11.8 Å². The van der Waals surface area contributed by atoms with Crippen LogP contribution in [0.3, 0.4) is 0 Å². The summed E-state index contributed by atoms with van der Waals surface area (Å²) < 4.78 is 11.0. The lowest BCUT2D eigenvalue weighted by Crippen LogP contribution is -2.33. The van der Waals surface area contributed by atoms with Crippen LogP contribution in [-0.4, -0.2) is 35.7 Å². The molecule has 8 heteroatoms. The molecule has 0 saturated carbocycles. The SMILES string of the molecule is CCCSc1nc2c(c(=O)[nH]1)[C@H](c1cc(OC)ccc1OC)C1=C(CCCC1=O)N2. The third-order valence-electron chi connectivity index (χ3n) is 5.43. The van der Waals surface area contributed by atoms with E-state index >= 15 is 0 Å². The van der Waals surface area contributed by atoms with Crippen LogP contribution in [0, 0.1) is 0 Å². The molecule has 7 nitrogen and oxygen atoms in total. The Balaban J connectivity index is 1.95. The Hall–Kier alpha value is -2.74. The van der Waals surface area contributed by atoms with E-state index < -0.39 is 5.92 Å². The number of ketones is 1. The lowest BCUT2D eigenvalue weighted by atomic mass is 9.76. The molecule has 30 heavy (non-hydrogen) atoms. The lowest BCUT2D eigenvalue weighted by molar-refractivity contribution is -0.116. The highest BCUT2D eigenvalue weighted by molar-refractivity contribution is 7.99. The Bertz CT molecular complexity index is 1080. The number of allylic oxidation sites excluding steroid dienone is 2. The minimum absolute atomic E-state index is 0.0492. The molecule has 0 bridgehead atoms. The molecule has 1 atom stereocenters. The molecule has 0 saturated heterocycles. The monoisotopic (exact) mass is 427 g/mol. The van der Waals surface area contributed by atoms with Crippen LogP contribution in [0.5, 0.6) is 11.5 Å². The standard InChI is InChI=1S/C22H25N3O4S/c1-4-10-30-22-24-20-19(21(27)25-22)17(18-14(23-20)6-5-7-15(18)26)13-11-12(28-2)8-9-16(13)29-3/h8-9,11,17H,4-7,10H2,1-3H3,(H2,23,24,25,27)/t17-/m1/s1. The zero-order valence-electron chi connectivity index (χ0n) is 17.3. The van der Waals surface area contributed by atoms with Crippen molar-refractivity contribution in [2.45, 2.75) is 43.7 Å². The average molecular weight is 428 g/mol. The number of methoxy groups -OCH3 is 2. The van der Waals surface area contributed by atoms with Crippen molar-refractivity contribution in [2.24, 2.45) is 0 Å². The molecule has 0 radical (unpaired) electrons. The summed E-state index contributed by atoms with van der Waals surface area (Å²) in [7, 11) is 3.17. The number of H-pyrrole nitrogens is 1. The van der Waals surface area contributed by atoms with Crippen LogP contribution in [0.15, 0.2) is 39.4 Å². The Morgan fingerprint density at radius 2 is 2.03 bits per heavy atom. The van der Waals surface area contributed by atoms with Crippen LogP contribution in [0.1, 0.15) is 49.7 Å². The van der Waals surface area contributed by atoms with Crippen LogP contribution in [0.2, 0.25) is 0 Å². The summed E-state index contributed by atoms with van der Waals surface area (Å²) in [6, 6.07) is 5.44. The fourth-order valence-corrected chi connectivity index (χ4v) is 4.80. The summed E-state index contributed by atoms with van der Waals surface area (Å²) >= 11 is 1.51. The van der Waals surface area contributed by atoms with Crippen LogP contribution in [-0.2, 0) is 4.79 Å².